The Morgan fingerprint density at radius 2 is 2.00 bits per heavy atom. The largest absolute Gasteiger partial charge is 0.342 e. The number of Topliss-reactive ketones (excluding diaryl/α,β-unsaturated/α-hetero) is 1. The zero-order valence-corrected chi connectivity index (χ0v) is 9.69. The minimum absolute atomic E-state index is 0.0292. The summed E-state index contributed by atoms with van der Waals surface area (Å²) in [5.74, 6) is 0.0502. The van der Waals surface area contributed by atoms with Gasteiger partial charge in [0.2, 0.25) is 5.91 Å². The minimum atomic E-state index is -0.124. The Hall–Kier alpha value is -1.12. The maximum atomic E-state index is 11.5. The smallest absolute Gasteiger partial charge is 0.219 e. The van der Waals surface area contributed by atoms with E-state index < -0.39 is 0 Å². The summed E-state index contributed by atoms with van der Waals surface area (Å²) in [4.78, 5) is 24.5. The molecule has 0 spiro atoms. The van der Waals surface area contributed by atoms with Gasteiger partial charge in [0, 0.05) is 20.0 Å². The predicted molar refractivity (Wildman–Crippen MR) is 59.4 cm³/mol. The van der Waals surface area contributed by atoms with Crippen molar-refractivity contribution < 1.29 is 9.59 Å². The lowest BCUT2D eigenvalue weighted by atomic mass is 9.92. The molecule has 3 heteroatoms. The lowest BCUT2D eigenvalue weighted by Crippen LogP contribution is -2.42. The number of ketones is 1. The monoisotopic (exact) mass is 209 g/mol. The number of hydrogen-bond donors (Lipinski definition) is 0. The molecule has 0 bridgehead atoms. The molecule has 1 aliphatic rings. The molecule has 0 aromatic rings. The van der Waals surface area contributed by atoms with Crippen LogP contribution >= 0.6 is 0 Å². The van der Waals surface area contributed by atoms with Crippen LogP contribution in [0.15, 0.2) is 12.2 Å². The highest BCUT2D eigenvalue weighted by atomic mass is 16.2. The third-order valence-electron chi connectivity index (χ3n) is 3.09. The van der Waals surface area contributed by atoms with Crippen LogP contribution < -0.4 is 0 Å². The van der Waals surface area contributed by atoms with Gasteiger partial charge in [-0.2, -0.15) is 0 Å². The second-order valence-electron chi connectivity index (χ2n) is 4.19. The Balaban J connectivity index is 2.86. The van der Waals surface area contributed by atoms with Crippen molar-refractivity contribution in [1.82, 2.24) is 4.90 Å². The third-order valence-corrected chi connectivity index (χ3v) is 3.09. The number of amides is 1. The maximum absolute atomic E-state index is 11.5. The fourth-order valence-electron chi connectivity index (χ4n) is 2.07. The molecule has 3 nitrogen and oxygen atoms in total. The molecule has 0 saturated carbocycles. The van der Waals surface area contributed by atoms with Gasteiger partial charge in [0.25, 0.3) is 0 Å². The van der Waals surface area contributed by atoms with E-state index in [1.807, 2.05) is 6.08 Å². The summed E-state index contributed by atoms with van der Waals surface area (Å²) in [5.41, 5.74) is 0. The van der Waals surface area contributed by atoms with E-state index in [0.717, 1.165) is 19.3 Å². The van der Waals surface area contributed by atoms with E-state index in [1.165, 1.54) is 0 Å². The molecule has 1 amide bonds. The van der Waals surface area contributed by atoms with E-state index in [1.54, 1.807) is 25.8 Å². The summed E-state index contributed by atoms with van der Waals surface area (Å²) in [7, 11) is 1.78. The van der Waals surface area contributed by atoms with Crippen molar-refractivity contribution in [2.45, 2.75) is 39.2 Å². The van der Waals surface area contributed by atoms with E-state index in [2.05, 4.69) is 6.08 Å². The lowest BCUT2D eigenvalue weighted by molar-refractivity contribution is -0.132. The van der Waals surface area contributed by atoms with E-state index in [4.69, 9.17) is 0 Å². The van der Waals surface area contributed by atoms with Gasteiger partial charge in [-0.3, -0.25) is 9.59 Å². The number of carbonyl (C=O) groups is 2. The van der Waals surface area contributed by atoms with Gasteiger partial charge < -0.3 is 4.90 Å². The molecule has 1 aliphatic carbocycles. The Bertz CT molecular complexity index is 283. The van der Waals surface area contributed by atoms with Crippen LogP contribution in [0.1, 0.15) is 33.1 Å². The Morgan fingerprint density at radius 3 is 2.53 bits per heavy atom. The van der Waals surface area contributed by atoms with Crippen LogP contribution in [0.2, 0.25) is 0 Å². The molecule has 0 aliphatic heterocycles. The van der Waals surface area contributed by atoms with Gasteiger partial charge in [0.15, 0.2) is 0 Å². The van der Waals surface area contributed by atoms with Crippen LogP contribution in [0.3, 0.4) is 0 Å². The van der Waals surface area contributed by atoms with Gasteiger partial charge in [-0.1, -0.05) is 12.2 Å². The van der Waals surface area contributed by atoms with Gasteiger partial charge in [0.1, 0.15) is 5.78 Å². The van der Waals surface area contributed by atoms with Crippen LogP contribution in [-0.2, 0) is 9.59 Å². The molecule has 0 heterocycles. The van der Waals surface area contributed by atoms with Gasteiger partial charge in [-0.15, -0.1) is 0 Å². The van der Waals surface area contributed by atoms with Crippen molar-refractivity contribution in [3.8, 4) is 0 Å². The highest BCUT2D eigenvalue weighted by molar-refractivity contribution is 5.82. The van der Waals surface area contributed by atoms with Crippen molar-refractivity contribution in [1.29, 1.82) is 0 Å². The highest BCUT2D eigenvalue weighted by Crippen LogP contribution is 2.23. The first-order chi connectivity index (χ1) is 7.04. The van der Waals surface area contributed by atoms with Gasteiger partial charge in [-0.25, -0.2) is 0 Å². The van der Waals surface area contributed by atoms with Crippen molar-refractivity contribution in [3.63, 3.8) is 0 Å². The average Bonchev–Trinajstić information content (AvgIpc) is 2.40. The van der Waals surface area contributed by atoms with Crippen LogP contribution in [0.5, 0.6) is 0 Å². The highest BCUT2D eigenvalue weighted by Gasteiger charge is 2.28. The van der Waals surface area contributed by atoms with E-state index >= 15 is 0 Å². The Kier molecular flexibility index (Phi) is 4.06. The lowest BCUT2D eigenvalue weighted by Gasteiger charge is -2.30. The predicted octanol–water partition coefficient (Wildman–Crippen LogP) is 1.78. The Morgan fingerprint density at radius 1 is 1.33 bits per heavy atom. The van der Waals surface area contributed by atoms with Crippen molar-refractivity contribution >= 4 is 11.7 Å². The summed E-state index contributed by atoms with van der Waals surface area (Å²) in [6, 6.07) is 0.0405. The quantitative estimate of drug-likeness (QED) is 0.650. The second kappa shape index (κ2) is 5.10. The first-order valence-corrected chi connectivity index (χ1v) is 5.44. The van der Waals surface area contributed by atoms with Crippen LogP contribution in [0, 0.1) is 5.92 Å². The van der Waals surface area contributed by atoms with E-state index in [-0.39, 0.29) is 23.7 Å². The number of rotatable bonds is 2. The Labute approximate surface area is 91.1 Å². The van der Waals surface area contributed by atoms with Crippen LogP contribution in [0.25, 0.3) is 0 Å². The van der Waals surface area contributed by atoms with E-state index in [9.17, 15) is 9.59 Å². The van der Waals surface area contributed by atoms with Gasteiger partial charge >= 0.3 is 0 Å². The van der Waals surface area contributed by atoms with Gasteiger partial charge in [0.05, 0.1) is 5.92 Å². The zero-order valence-electron chi connectivity index (χ0n) is 9.69. The molecule has 1 rings (SSSR count). The molecule has 0 radical (unpaired) electrons. The summed E-state index contributed by atoms with van der Waals surface area (Å²) < 4.78 is 0. The molecule has 2 atom stereocenters. The molecular weight excluding hydrogens is 190 g/mol. The standard InChI is InChI=1S/C12H19NO2/c1-9(14)11-7-5-4-6-8-12(11)13(3)10(2)15/h5,7,11-12H,4,6,8H2,1-3H3. The van der Waals surface area contributed by atoms with Gasteiger partial charge in [-0.05, 0) is 26.2 Å². The first-order valence-electron chi connectivity index (χ1n) is 5.44. The average molecular weight is 209 g/mol. The fraction of sp³-hybridized carbons (Fsp3) is 0.667. The summed E-state index contributed by atoms with van der Waals surface area (Å²) in [5, 5.41) is 0. The molecule has 0 N–H and O–H groups in total. The second-order valence-corrected chi connectivity index (χ2v) is 4.19. The molecule has 0 saturated heterocycles. The van der Waals surface area contributed by atoms with Crippen molar-refractivity contribution in [2.24, 2.45) is 5.92 Å². The number of nitrogens with zero attached hydrogens (tertiary/aromatic N) is 1. The van der Waals surface area contributed by atoms with Crippen molar-refractivity contribution in [2.75, 3.05) is 7.05 Å². The molecule has 0 aromatic heterocycles. The number of allylic oxidation sites excluding steroid dienone is 1. The van der Waals surface area contributed by atoms with Crippen LogP contribution in [0.4, 0.5) is 0 Å². The normalized spacial score (nSPS) is 25.8. The fourth-order valence-corrected chi connectivity index (χ4v) is 2.07. The summed E-state index contributed by atoms with van der Waals surface area (Å²) >= 11 is 0. The third kappa shape index (κ3) is 2.91. The molecule has 2 unspecified atom stereocenters. The SMILES string of the molecule is CC(=O)C1C=CCCCC1N(C)C(C)=O. The molecule has 15 heavy (non-hydrogen) atoms. The molecular formula is C12H19NO2. The molecule has 0 fully saturated rings. The number of carbonyl (C=O) groups excluding carboxylic acids is 2. The summed E-state index contributed by atoms with van der Waals surface area (Å²) in [6.45, 7) is 3.15. The maximum Gasteiger partial charge on any atom is 0.219 e. The molecule has 0 aromatic carbocycles. The first kappa shape index (κ1) is 12.0. The zero-order chi connectivity index (χ0) is 11.4. The summed E-state index contributed by atoms with van der Waals surface area (Å²) in [6.07, 6.45) is 6.97. The minimum Gasteiger partial charge on any atom is -0.342 e. The molecule has 84 valence electrons. The van der Waals surface area contributed by atoms with Crippen molar-refractivity contribution in [3.05, 3.63) is 12.2 Å². The van der Waals surface area contributed by atoms with E-state index in [0.29, 0.717) is 0 Å². The van der Waals surface area contributed by atoms with Crippen LogP contribution in [-0.4, -0.2) is 29.7 Å². The number of hydrogen-bond acceptors (Lipinski definition) is 2. The topological polar surface area (TPSA) is 37.4 Å².